The van der Waals surface area contributed by atoms with E-state index < -0.39 is 0 Å². The van der Waals surface area contributed by atoms with Crippen molar-refractivity contribution in [2.45, 2.75) is 46.0 Å². The van der Waals surface area contributed by atoms with Crippen LogP contribution in [0.5, 0.6) is 0 Å². The quantitative estimate of drug-likeness (QED) is 0.478. The maximum Gasteiger partial charge on any atom is 0.234 e. The van der Waals surface area contributed by atoms with E-state index in [1.807, 2.05) is 0 Å². The van der Waals surface area contributed by atoms with Crippen LogP contribution < -0.4 is 11.3 Å². The van der Waals surface area contributed by atoms with Gasteiger partial charge in [-0.25, -0.2) is 5.84 Å². The van der Waals surface area contributed by atoms with Gasteiger partial charge in [-0.2, -0.15) is 0 Å². The zero-order valence-electron chi connectivity index (χ0n) is 11.1. The van der Waals surface area contributed by atoms with E-state index in [-0.39, 0.29) is 11.3 Å². The van der Waals surface area contributed by atoms with Gasteiger partial charge < -0.3 is 0 Å². The molecule has 0 aliphatic rings. The van der Waals surface area contributed by atoms with Gasteiger partial charge in [0.05, 0.1) is 0 Å². The molecule has 3 nitrogen and oxygen atoms in total. The van der Waals surface area contributed by atoms with E-state index in [2.05, 4.69) is 51.3 Å². The van der Waals surface area contributed by atoms with Crippen molar-refractivity contribution in [2.24, 2.45) is 5.84 Å². The summed E-state index contributed by atoms with van der Waals surface area (Å²) in [5.41, 5.74) is 6.09. The van der Waals surface area contributed by atoms with Crippen molar-refractivity contribution in [1.29, 1.82) is 0 Å². The molecule has 0 saturated carbocycles. The fourth-order valence-corrected chi connectivity index (χ4v) is 1.76. The Kier molecular flexibility index (Phi) is 4.29. The summed E-state index contributed by atoms with van der Waals surface area (Å²) in [6.45, 7) is 8.68. The third-order valence-electron chi connectivity index (χ3n) is 2.99. The van der Waals surface area contributed by atoms with Crippen molar-refractivity contribution in [2.75, 3.05) is 0 Å². The highest BCUT2D eigenvalue weighted by Gasteiger charge is 2.14. The first-order chi connectivity index (χ1) is 7.84. The van der Waals surface area contributed by atoms with Crippen LogP contribution in [-0.4, -0.2) is 5.91 Å². The molecule has 0 bridgehead atoms. The molecular weight excluding hydrogens is 212 g/mol. The van der Waals surface area contributed by atoms with Crippen LogP contribution in [0.1, 0.15) is 43.9 Å². The van der Waals surface area contributed by atoms with E-state index in [1.165, 1.54) is 16.7 Å². The van der Waals surface area contributed by atoms with Crippen molar-refractivity contribution in [3.8, 4) is 0 Å². The Bertz CT molecular complexity index is 405. The molecule has 0 aliphatic carbocycles. The Balaban J connectivity index is 2.80. The van der Waals surface area contributed by atoms with E-state index in [9.17, 15) is 4.79 Å². The normalized spacial score (nSPS) is 11.4. The number of aryl methyl sites for hydroxylation is 2. The molecule has 0 aromatic heterocycles. The summed E-state index contributed by atoms with van der Waals surface area (Å²) in [6, 6.07) is 6.46. The number of carbonyl (C=O) groups excluding carboxylic acids is 1. The van der Waals surface area contributed by atoms with Gasteiger partial charge in [0.15, 0.2) is 0 Å². The van der Waals surface area contributed by atoms with Crippen molar-refractivity contribution < 1.29 is 4.79 Å². The first-order valence-corrected chi connectivity index (χ1v) is 5.94. The molecule has 0 atom stereocenters. The van der Waals surface area contributed by atoms with Crippen LogP contribution in [0.15, 0.2) is 18.2 Å². The maximum absolute atomic E-state index is 11.1. The first-order valence-electron chi connectivity index (χ1n) is 5.94. The lowest BCUT2D eigenvalue weighted by molar-refractivity contribution is -0.121. The molecule has 0 unspecified atom stereocenters. The summed E-state index contributed by atoms with van der Waals surface area (Å²) in [7, 11) is 0. The molecule has 1 aromatic carbocycles. The average molecular weight is 234 g/mol. The minimum absolute atomic E-state index is 0.121. The topological polar surface area (TPSA) is 55.1 Å². The third-order valence-corrected chi connectivity index (χ3v) is 2.99. The highest BCUT2D eigenvalue weighted by Crippen LogP contribution is 2.24. The van der Waals surface area contributed by atoms with Crippen molar-refractivity contribution in [3.05, 3.63) is 34.9 Å². The van der Waals surface area contributed by atoms with Gasteiger partial charge in [-0.15, -0.1) is 0 Å². The van der Waals surface area contributed by atoms with Crippen molar-refractivity contribution in [3.63, 3.8) is 0 Å². The van der Waals surface area contributed by atoms with E-state index in [0.717, 1.165) is 6.42 Å². The number of rotatable bonds is 3. The Morgan fingerprint density at radius 3 is 2.47 bits per heavy atom. The van der Waals surface area contributed by atoms with Crippen molar-refractivity contribution in [1.82, 2.24) is 5.43 Å². The van der Waals surface area contributed by atoms with E-state index in [4.69, 9.17) is 5.84 Å². The number of carbonyl (C=O) groups is 1. The fourth-order valence-electron chi connectivity index (χ4n) is 1.76. The van der Waals surface area contributed by atoms with Gasteiger partial charge in [-0.3, -0.25) is 10.2 Å². The molecule has 0 heterocycles. The largest absolute Gasteiger partial charge is 0.294 e. The predicted molar refractivity (Wildman–Crippen MR) is 70.5 cm³/mol. The van der Waals surface area contributed by atoms with Gasteiger partial charge in [-0.05, 0) is 35.4 Å². The summed E-state index contributed by atoms with van der Waals surface area (Å²) in [4.78, 5) is 11.1. The first kappa shape index (κ1) is 13.7. The average Bonchev–Trinajstić information content (AvgIpc) is 2.25. The maximum atomic E-state index is 11.1. The standard InChI is InChI=1S/C14H22N2O/c1-10-9-12(14(2,3)4)7-5-11(10)6-8-13(17)16-15/h5,7,9H,6,8,15H2,1-4H3,(H,16,17). The Morgan fingerprint density at radius 2 is 2.00 bits per heavy atom. The molecule has 0 saturated heterocycles. The molecule has 94 valence electrons. The van der Waals surface area contributed by atoms with Crippen LogP contribution in [0.3, 0.4) is 0 Å². The summed E-state index contributed by atoms with van der Waals surface area (Å²) in [6.07, 6.45) is 1.17. The predicted octanol–water partition coefficient (Wildman–Crippen LogP) is 2.22. The molecular formula is C14H22N2O. The zero-order chi connectivity index (χ0) is 13.1. The van der Waals surface area contributed by atoms with E-state index >= 15 is 0 Å². The number of benzene rings is 1. The van der Waals surface area contributed by atoms with Crippen LogP contribution >= 0.6 is 0 Å². The van der Waals surface area contributed by atoms with Crippen LogP contribution in [-0.2, 0) is 16.6 Å². The zero-order valence-corrected chi connectivity index (χ0v) is 11.1. The fraction of sp³-hybridized carbons (Fsp3) is 0.500. The summed E-state index contributed by atoms with van der Waals surface area (Å²) in [5.74, 6) is 4.93. The van der Waals surface area contributed by atoms with Gasteiger partial charge in [0.25, 0.3) is 0 Å². The summed E-state index contributed by atoms with van der Waals surface area (Å²) < 4.78 is 0. The number of hydrazine groups is 1. The minimum atomic E-state index is -0.121. The van der Waals surface area contributed by atoms with Crippen LogP contribution in [0.25, 0.3) is 0 Å². The summed E-state index contributed by atoms with van der Waals surface area (Å²) in [5, 5.41) is 0. The summed E-state index contributed by atoms with van der Waals surface area (Å²) >= 11 is 0. The van der Waals surface area contributed by atoms with E-state index in [0.29, 0.717) is 6.42 Å². The Hall–Kier alpha value is -1.35. The molecule has 17 heavy (non-hydrogen) atoms. The van der Waals surface area contributed by atoms with E-state index in [1.54, 1.807) is 0 Å². The molecule has 0 spiro atoms. The molecule has 1 rings (SSSR count). The molecule has 0 fully saturated rings. The number of hydrogen-bond acceptors (Lipinski definition) is 2. The number of nitrogens with two attached hydrogens (primary N) is 1. The molecule has 1 aromatic rings. The van der Waals surface area contributed by atoms with Crippen LogP contribution in [0.2, 0.25) is 0 Å². The van der Waals surface area contributed by atoms with Crippen LogP contribution in [0, 0.1) is 6.92 Å². The monoisotopic (exact) mass is 234 g/mol. The number of amides is 1. The molecule has 0 radical (unpaired) electrons. The lowest BCUT2D eigenvalue weighted by atomic mass is 9.85. The van der Waals surface area contributed by atoms with Gasteiger partial charge in [0, 0.05) is 6.42 Å². The van der Waals surface area contributed by atoms with Gasteiger partial charge in [0.1, 0.15) is 0 Å². The smallest absolute Gasteiger partial charge is 0.234 e. The number of nitrogens with one attached hydrogen (secondary N) is 1. The Morgan fingerprint density at radius 1 is 1.35 bits per heavy atom. The molecule has 3 heteroatoms. The lowest BCUT2D eigenvalue weighted by Gasteiger charge is -2.20. The Labute approximate surface area is 103 Å². The van der Waals surface area contributed by atoms with Gasteiger partial charge >= 0.3 is 0 Å². The molecule has 1 amide bonds. The lowest BCUT2D eigenvalue weighted by Crippen LogP contribution is -2.30. The highest BCUT2D eigenvalue weighted by molar-refractivity contribution is 5.75. The molecule has 3 N–H and O–H groups in total. The van der Waals surface area contributed by atoms with Gasteiger partial charge in [-0.1, -0.05) is 39.0 Å². The second-order valence-corrected chi connectivity index (χ2v) is 5.46. The van der Waals surface area contributed by atoms with Crippen LogP contribution in [0.4, 0.5) is 0 Å². The highest BCUT2D eigenvalue weighted by atomic mass is 16.2. The van der Waals surface area contributed by atoms with Crippen molar-refractivity contribution >= 4 is 5.91 Å². The third kappa shape index (κ3) is 3.86. The molecule has 0 aliphatic heterocycles. The SMILES string of the molecule is Cc1cc(C(C)(C)C)ccc1CCC(=O)NN. The minimum Gasteiger partial charge on any atom is -0.294 e. The number of hydrogen-bond donors (Lipinski definition) is 2. The second-order valence-electron chi connectivity index (χ2n) is 5.46. The van der Waals surface area contributed by atoms with Gasteiger partial charge in [0.2, 0.25) is 5.91 Å². The second kappa shape index (κ2) is 5.32.